The summed E-state index contributed by atoms with van der Waals surface area (Å²) in [7, 11) is 0. The summed E-state index contributed by atoms with van der Waals surface area (Å²) in [6.45, 7) is 2.71. The SMILES string of the molecule is C[C@]1(c2ccccc2)CNC[C@H]1c1ccc(C(OC(=O)C(F)(F)F)(C(F)(F)F)C(F)(F)F)cc1. The fourth-order valence-corrected chi connectivity index (χ4v) is 4.24. The highest BCUT2D eigenvalue weighted by atomic mass is 19.4. The summed E-state index contributed by atoms with van der Waals surface area (Å²) < 4.78 is 123. The molecule has 0 radical (unpaired) electrons. The summed E-state index contributed by atoms with van der Waals surface area (Å²) in [5.41, 5.74) is -6.51. The van der Waals surface area contributed by atoms with Crippen LogP contribution in [0.1, 0.15) is 29.5 Å². The van der Waals surface area contributed by atoms with Gasteiger partial charge in [-0.05, 0) is 11.1 Å². The number of nitrogens with one attached hydrogen (secondary N) is 1. The van der Waals surface area contributed by atoms with Gasteiger partial charge < -0.3 is 10.1 Å². The molecule has 1 fully saturated rings. The van der Waals surface area contributed by atoms with E-state index in [0.717, 1.165) is 17.7 Å². The van der Waals surface area contributed by atoms with Crippen molar-refractivity contribution >= 4 is 5.97 Å². The summed E-state index contributed by atoms with van der Waals surface area (Å²) in [6, 6.07) is 11.8. The van der Waals surface area contributed by atoms with Crippen LogP contribution in [-0.2, 0) is 20.5 Å². The van der Waals surface area contributed by atoms with E-state index in [4.69, 9.17) is 0 Å². The zero-order chi connectivity index (χ0) is 25.6. The summed E-state index contributed by atoms with van der Waals surface area (Å²) >= 11 is 0. The molecule has 2 aromatic carbocycles. The standard InChI is InChI=1S/C22H18F9NO2/c1-18(14-5-3-2-4-6-14)12-32-11-16(18)13-7-9-15(10-8-13)19(21(26,27)28,22(29,30)31)34-17(33)20(23,24)25/h2-10,16,32H,11-12H2,1H3/t16-,18+/m0/s1. The van der Waals surface area contributed by atoms with Crippen molar-refractivity contribution in [2.45, 2.75) is 42.4 Å². The smallest absolute Gasteiger partial charge is 0.428 e. The number of hydrogen-bond acceptors (Lipinski definition) is 3. The summed E-state index contributed by atoms with van der Waals surface area (Å²) in [5, 5.41) is 3.14. The normalized spacial score (nSPS) is 22.0. The van der Waals surface area contributed by atoms with Crippen LogP contribution in [0.4, 0.5) is 39.5 Å². The van der Waals surface area contributed by atoms with E-state index in [-0.39, 0.29) is 5.92 Å². The third-order valence-electron chi connectivity index (χ3n) is 6.04. The second-order valence-electron chi connectivity index (χ2n) is 8.15. The molecule has 0 saturated carbocycles. The minimum atomic E-state index is -6.43. The predicted octanol–water partition coefficient (Wildman–Crippen LogP) is 5.76. The average Bonchev–Trinajstić information content (AvgIpc) is 3.13. The highest BCUT2D eigenvalue weighted by Gasteiger charge is 2.76. The molecule has 1 heterocycles. The monoisotopic (exact) mass is 499 g/mol. The maximum Gasteiger partial charge on any atom is 0.490 e. The molecule has 1 aliphatic rings. The van der Waals surface area contributed by atoms with Crippen LogP contribution in [0.2, 0.25) is 0 Å². The van der Waals surface area contributed by atoms with Crippen molar-refractivity contribution in [3.05, 3.63) is 71.3 Å². The molecule has 12 heteroatoms. The number of benzene rings is 2. The third kappa shape index (κ3) is 4.35. The molecular weight excluding hydrogens is 481 g/mol. The van der Waals surface area contributed by atoms with E-state index in [1.807, 2.05) is 19.1 Å². The lowest BCUT2D eigenvalue weighted by atomic mass is 9.71. The van der Waals surface area contributed by atoms with Gasteiger partial charge in [-0.25, -0.2) is 4.79 Å². The Morgan fingerprint density at radius 3 is 1.88 bits per heavy atom. The molecule has 0 bridgehead atoms. The number of hydrogen-bond donors (Lipinski definition) is 1. The van der Waals surface area contributed by atoms with E-state index in [9.17, 15) is 44.3 Å². The van der Waals surface area contributed by atoms with Crippen LogP contribution in [0.15, 0.2) is 54.6 Å². The maximum atomic E-state index is 13.7. The Morgan fingerprint density at radius 2 is 1.41 bits per heavy atom. The van der Waals surface area contributed by atoms with Crippen molar-refractivity contribution in [2.24, 2.45) is 0 Å². The number of carbonyl (C=O) groups excluding carboxylic acids is 1. The van der Waals surface area contributed by atoms with Gasteiger partial charge in [-0.1, -0.05) is 61.5 Å². The lowest BCUT2D eigenvalue weighted by molar-refractivity contribution is -0.382. The number of alkyl halides is 9. The van der Waals surface area contributed by atoms with Gasteiger partial charge in [-0.3, -0.25) is 0 Å². The molecule has 2 atom stereocenters. The Hall–Kier alpha value is -2.76. The summed E-state index contributed by atoms with van der Waals surface area (Å²) in [4.78, 5) is 11.1. The van der Waals surface area contributed by atoms with Crippen LogP contribution in [0, 0.1) is 0 Å². The summed E-state index contributed by atoms with van der Waals surface area (Å²) in [5.74, 6) is -3.98. The Bertz CT molecular complexity index is 1000. The van der Waals surface area contributed by atoms with E-state index in [0.29, 0.717) is 30.8 Å². The fraction of sp³-hybridized carbons (Fsp3) is 0.409. The first kappa shape index (κ1) is 25.9. The second kappa shape index (κ2) is 8.47. The Morgan fingerprint density at radius 1 is 0.882 bits per heavy atom. The van der Waals surface area contributed by atoms with E-state index in [1.165, 1.54) is 0 Å². The van der Waals surface area contributed by atoms with Crippen LogP contribution in [0.25, 0.3) is 0 Å². The molecule has 0 amide bonds. The fourth-order valence-electron chi connectivity index (χ4n) is 4.24. The van der Waals surface area contributed by atoms with Gasteiger partial charge in [-0.15, -0.1) is 0 Å². The minimum Gasteiger partial charge on any atom is -0.428 e. The molecule has 186 valence electrons. The van der Waals surface area contributed by atoms with Crippen molar-refractivity contribution in [1.29, 1.82) is 0 Å². The Balaban J connectivity index is 2.08. The first-order valence-electron chi connectivity index (χ1n) is 9.84. The number of ether oxygens (including phenoxy) is 1. The van der Waals surface area contributed by atoms with Gasteiger partial charge in [0.15, 0.2) is 0 Å². The molecule has 3 nitrogen and oxygen atoms in total. The first-order valence-corrected chi connectivity index (χ1v) is 9.84. The van der Waals surface area contributed by atoms with E-state index in [1.54, 1.807) is 18.2 Å². The number of halogens is 9. The van der Waals surface area contributed by atoms with Crippen molar-refractivity contribution in [1.82, 2.24) is 5.32 Å². The topological polar surface area (TPSA) is 38.3 Å². The number of carbonyl (C=O) groups is 1. The molecule has 1 saturated heterocycles. The lowest BCUT2D eigenvalue weighted by Gasteiger charge is -2.37. The molecule has 3 rings (SSSR count). The van der Waals surface area contributed by atoms with Crippen molar-refractivity contribution in [3.63, 3.8) is 0 Å². The van der Waals surface area contributed by atoms with Crippen molar-refractivity contribution in [2.75, 3.05) is 13.1 Å². The highest BCUT2D eigenvalue weighted by Crippen LogP contribution is 2.54. The van der Waals surface area contributed by atoms with Crippen LogP contribution < -0.4 is 5.32 Å². The molecule has 0 unspecified atom stereocenters. The third-order valence-corrected chi connectivity index (χ3v) is 6.04. The zero-order valence-electron chi connectivity index (χ0n) is 17.4. The lowest BCUT2D eigenvalue weighted by Crippen LogP contribution is -2.58. The van der Waals surface area contributed by atoms with E-state index >= 15 is 0 Å². The Labute approximate surface area is 187 Å². The summed E-state index contributed by atoms with van der Waals surface area (Å²) in [6.07, 6.45) is -18.9. The molecule has 1 N–H and O–H groups in total. The first-order chi connectivity index (χ1) is 15.5. The van der Waals surface area contributed by atoms with Gasteiger partial charge in [0, 0.05) is 30.0 Å². The van der Waals surface area contributed by atoms with Crippen LogP contribution >= 0.6 is 0 Å². The van der Waals surface area contributed by atoms with Crippen LogP contribution in [0.5, 0.6) is 0 Å². The zero-order valence-corrected chi connectivity index (χ0v) is 17.4. The van der Waals surface area contributed by atoms with Crippen LogP contribution in [-0.4, -0.2) is 37.6 Å². The molecule has 1 aliphatic heterocycles. The van der Waals surface area contributed by atoms with Gasteiger partial charge in [0.2, 0.25) is 0 Å². The molecule has 0 aliphatic carbocycles. The van der Waals surface area contributed by atoms with Crippen molar-refractivity contribution < 1.29 is 49.0 Å². The van der Waals surface area contributed by atoms with E-state index in [2.05, 4.69) is 10.1 Å². The van der Waals surface area contributed by atoms with E-state index < -0.39 is 41.1 Å². The van der Waals surface area contributed by atoms with Gasteiger partial charge >= 0.3 is 30.1 Å². The highest BCUT2D eigenvalue weighted by molar-refractivity contribution is 5.76. The molecular formula is C22H18F9NO2. The molecule has 2 aromatic rings. The number of rotatable bonds is 4. The quantitative estimate of drug-likeness (QED) is 0.430. The van der Waals surface area contributed by atoms with Crippen LogP contribution in [0.3, 0.4) is 0 Å². The second-order valence-corrected chi connectivity index (χ2v) is 8.15. The average molecular weight is 499 g/mol. The molecule has 0 aromatic heterocycles. The van der Waals surface area contributed by atoms with Gasteiger partial charge in [0.05, 0.1) is 0 Å². The van der Waals surface area contributed by atoms with Crippen molar-refractivity contribution in [3.8, 4) is 0 Å². The molecule has 34 heavy (non-hydrogen) atoms. The minimum absolute atomic E-state index is 0.359. The molecule has 0 spiro atoms. The van der Waals surface area contributed by atoms with Gasteiger partial charge in [0.1, 0.15) is 0 Å². The predicted molar refractivity (Wildman–Crippen MR) is 102 cm³/mol. The Kier molecular flexibility index (Phi) is 6.44. The maximum absolute atomic E-state index is 13.7. The van der Waals surface area contributed by atoms with Gasteiger partial charge in [0.25, 0.3) is 0 Å². The van der Waals surface area contributed by atoms with Gasteiger partial charge in [-0.2, -0.15) is 39.5 Å². The largest absolute Gasteiger partial charge is 0.490 e. The number of esters is 1.